The third-order valence-electron chi connectivity index (χ3n) is 6.18. The molecular weight excluding hydrogens is 487 g/mol. The fourth-order valence-corrected chi connectivity index (χ4v) is 5.29. The number of hydrogen-bond donors (Lipinski definition) is 3. The number of aromatic carboxylic acids is 1. The number of hydrogen-bond acceptors (Lipinski definition) is 6. The maximum atomic E-state index is 12.9. The molecule has 3 aromatic rings. The first-order valence-corrected chi connectivity index (χ1v) is 11.8. The van der Waals surface area contributed by atoms with Gasteiger partial charge in [-0.15, -0.1) is 11.8 Å². The van der Waals surface area contributed by atoms with Crippen LogP contribution >= 0.6 is 11.8 Å². The van der Waals surface area contributed by atoms with Gasteiger partial charge in [0.15, 0.2) is 11.3 Å². The number of carboxylic acid groups (broad SMARTS) is 1. The van der Waals surface area contributed by atoms with Crippen LogP contribution in [0, 0.1) is 0 Å². The van der Waals surface area contributed by atoms with Gasteiger partial charge in [0.05, 0.1) is 5.69 Å². The summed E-state index contributed by atoms with van der Waals surface area (Å²) in [6.07, 6.45) is -2.97. The SMILES string of the molecule is Cn1c(CNC2CC2)cc2cc3c(cc21)SCCc1c-3[nH]c(=O)c(C(=O)O)c1OC(=O)C(F)(F)F. The van der Waals surface area contributed by atoms with Gasteiger partial charge in [-0.05, 0) is 37.5 Å². The summed E-state index contributed by atoms with van der Waals surface area (Å²) < 4.78 is 45.4. The van der Waals surface area contributed by atoms with Crippen LogP contribution in [0.4, 0.5) is 13.2 Å². The number of carbonyl (C=O) groups excluding carboxylic acids is 1. The summed E-state index contributed by atoms with van der Waals surface area (Å²) in [6.45, 7) is 0.681. The number of benzene rings is 1. The molecule has 1 fully saturated rings. The first kappa shape index (κ1) is 23.5. The average molecular weight is 507 g/mol. The van der Waals surface area contributed by atoms with Gasteiger partial charge in [0.25, 0.3) is 5.56 Å². The van der Waals surface area contributed by atoms with Gasteiger partial charge in [-0.25, -0.2) is 9.59 Å². The summed E-state index contributed by atoms with van der Waals surface area (Å²) >= 11 is 1.42. The number of thioether (sulfide) groups is 1. The Bertz CT molecular complexity index is 1440. The Hall–Kier alpha value is -3.25. The zero-order valence-electron chi connectivity index (χ0n) is 18.4. The molecule has 12 heteroatoms. The number of ether oxygens (including phenoxy) is 1. The molecule has 1 aliphatic carbocycles. The molecule has 0 spiro atoms. The van der Waals surface area contributed by atoms with Gasteiger partial charge in [0.1, 0.15) is 0 Å². The van der Waals surface area contributed by atoms with Crippen LogP contribution in [0.3, 0.4) is 0 Å². The van der Waals surface area contributed by atoms with E-state index in [0.29, 0.717) is 23.9 Å². The second kappa shape index (κ2) is 8.45. The van der Waals surface area contributed by atoms with E-state index in [1.165, 1.54) is 11.8 Å². The summed E-state index contributed by atoms with van der Waals surface area (Å²) in [5.74, 6) is -4.87. The number of rotatable bonds is 5. The second-order valence-corrected chi connectivity index (χ2v) is 9.70. The maximum absolute atomic E-state index is 12.9. The molecule has 5 rings (SSSR count). The van der Waals surface area contributed by atoms with Gasteiger partial charge in [-0.3, -0.25) is 4.79 Å². The van der Waals surface area contributed by atoms with E-state index in [-0.39, 0.29) is 17.7 Å². The van der Waals surface area contributed by atoms with Gasteiger partial charge >= 0.3 is 18.1 Å². The molecule has 3 N–H and O–H groups in total. The lowest BCUT2D eigenvalue weighted by molar-refractivity contribution is -0.189. The number of fused-ring (bicyclic) bond motifs is 4. The third kappa shape index (κ3) is 4.31. The Morgan fingerprint density at radius 3 is 2.69 bits per heavy atom. The minimum Gasteiger partial charge on any atom is -0.477 e. The van der Waals surface area contributed by atoms with Crippen LogP contribution in [0.25, 0.3) is 22.2 Å². The highest BCUT2D eigenvalue weighted by molar-refractivity contribution is 7.99. The van der Waals surface area contributed by atoms with E-state index in [1.54, 1.807) is 0 Å². The zero-order chi connectivity index (χ0) is 25.1. The van der Waals surface area contributed by atoms with Crippen LogP contribution < -0.4 is 15.6 Å². The van der Waals surface area contributed by atoms with Crippen molar-refractivity contribution in [1.82, 2.24) is 14.9 Å². The highest BCUT2D eigenvalue weighted by Crippen LogP contribution is 2.42. The summed E-state index contributed by atoms with van der Waals surface area (Å²) in [7, 11) is 1.95. The van der Waals surface area contributed by atoms with Gasteiger partial charge in [0, 0.05) is 58.0 Å². The monoisotopic (exact) mass is 507 g/mol. The Balaban J connectivity index is 1.67. The lowest BCUT2D eigenvalue weighted by Gasteiger charge is -2.16. The Morgan fingerprint density at radius 2 is 2.03 bits per heavy atom. The van der Waals surface area contributed by atoms with Crippen molar-refractivity contribution in [2.75, 3.05) is 5.75 Å². The van der Waals surface area contributed by atoms with Gasteiger partial charge in [0.2, 0.25) is 0 Å². The van der Waals surface area contributed by atoms with E-state index in [0.717, 1.165) is 34.3 Å². The summed E-state index contributed by atoms with van der Waals surface area (Å²) in [5.41, 5.74) is 0.517. The number of aromatic nitrogens is 2. The Morgan fingerprint density at radius 1 is 1.29 bits per heavy atom. The number of nitrogens with one attached hydrogen (secondary N) is 2. The van der Waals surface area contributed by atoms with Crippen LogP contribution in [-0.2, 0) is 24.8 Å². The summed E-state index contributed by atoms with van der Waals surface area (Å²) in [5, 5.41) is 13.8. The number of halogens is 3. The number of carbonyl (C=O) groups is 2. The first-order chi connectivity index (χ1) is 16.5. The summed E-state index contributed by atoms with van der Waals surface area (Å²) in [6, 6.07) is 6.28. The molecule has 35 heavy (non-hydrogen) atoms. The van der Waals surface area contributed by atoms with E-state index >= 15 is 0 Å². The predicted octanol–water partition coefficient (Wildman–Crippen LogP) is 3.60. The molecule has 0 unspecified atom stereocenters. The molecule has 8 nitrogen and oxygen atoms in total. The minimum atomic E-state index is -5.36. The Labute approximate surface area is 200 Å². The van der Waals surface area contributed by atoms with Crippen molar-refractivity contribution in [3.8, 4) is 17.0 Å². The second-order valence-electron chi connectivity index (χ2n) is 8.56. The first-order valence-electron chi connectivity index (χ1n) is 10.8. The van der Waals surface area contributed by atoms with E-state index in [1.807, 2.05) is 25.2 Å². The number of pyridine rings is 1. The average Bonchev–Trinajstić information content (AvgIpc) is 3.57. The molecule has 3 heterocycles. The number of carboxylic acids is 1. The molecule has 0 atom stereocenters. The fourth-order valence-electron chi connectivity index (χ4n) is 4.25. The number of aromatic amines is 1. The Kier molecular flexibility index (Phi) is 5.67. The molecule has 1 saturated carbocycles. The van der Waals surface area contributed by atoms with Crippen molar-refractivity contribution in [3.63, 3.8) is 0 Å². The maximum Gasteiger partial charge on any atom is 0.491 e. The highest BCUT2D eigenvalue weighted by Gasteiger charge is 2.43. The number of esters is 1. The number of aryl methyl sites for hydroxylation is 1. The van der Waals surface area contributed by atoms with Crippen LogP contribution in [-0.4, -0.2) is 44.6 Å². The molecule has 1 aliphatic heterocycles. The van der Waals surface area contributed by atoms with E-state index < -0.39 is 35.0 Å². The van der Waals surface area contributed by atoms with Crippen LogP contribution in [0.5, 0.6) is 5.75 Å². The van der Waals surface area contributed by atoms with Crippen LogP contribution in [0.15, 0.2) is 27.9 Å². The molecule has 0 bridgehead atoms. The topological polar surface area (TPSA) is 113 Å². The highest BCUT2D eigenvalue weighted by atomic mass is 32.2. The molecular formula is C23H20F3N3O5S. The van der Waals surface area contributed by atoms with Gasteiger partial charge in [-0.2, -0.15) is 13.2 Å². The van der Waals surface area contributed by atoms with E-state index in [9.17, 15) is 32.7 Å². The quantitative estimate of drug-likeness (QED) is 0.452. The third-order valence-corrected chi connectivity index (χ3v) is 7.24. The molecule has 2 aromatic heterocycles. The van der Waals surface area contributed by atoms with Gasteiger partial charge in [-0.1, -0.05) is 0 Å². The number of H-pyrrole nitrogens is 1. The predicted molar refractivity (Wildman–Crippen MR) is 122 cm³/mol. The largest absolute Gasteiger partial charge is 0.491 e. The normalized spacial score (nSPS) is 15.4. The van der Waals surface area contributed by atoms with Crippen molar-refractivity contribution in [1.29, 1.82) is 0 Å². The lowest BCUT2D eigenvalue weighted by Crippen LogP contribution is -2.31. The molecule has 1 aromatic carbocycles. The van der Waals surface area contributed by atoms with E-state index in [4.69, 9.17) is 0 Å². The molecule has 0 saturated heterocycles. The number of nitrogens with zero attached hydrogens (tertiary/aromatic N) is 1. The van der Waals surface area contributed by atoms with Gasteiger partial charge < -0.3 is 24.7 Å². The minimum absolute atomic E-state index is 0.0387. The molecule has 184 valence electrons. The number of alkyl halides is 3. The smallest absolute Gasteiger partial charge is 0.477 e. The molecule has 2 aliphatic rings. The molecule has 0 radical (unpaired) electrons. The zero-order valence-corrected chi connectivity index (χ0v) is 19.2. The van der Waals surface area contributed by atoms with Crippen molar-refractivity contribution >= 4 is 34.6 Å². The lowest BCUT2D eigenvalue weighted by atomic mass is 9.99. The van der Waals surface area contributed by atoms with Crippen molar-refractivity contribution < 1.29 is 32.6 Å². The van der Waals surface area contributed by atoms with Crippen LogP contribution in [0.2, 0.25) is 0 Å². The van der Waals surface area contributed by atoms with Crippen molar-refractivity contribution in [2.45, 2.75) is 42.9 Å². The van der Waals surface area contributed by atoms with Crippen molar-refractivity contribution in [3.05, 3.63) is 45.4 Å². The van der Waals surface area contributed by atoms with E-state index in [2.05, 4.69) is 19.6 Å². The standard InChI is InChI=1S/C23H20F3N3O5S/c1-29-12(9-27-11-2-3-11)6-10-7-14-16(8-15(10)29)35-5-4-13-18(14)28-20(30)17(21(31)32)19(13)34-22(33)23(24,25)26/h6-8,11,27H,2-5,9H2,1H3,(H,28,30)(H,31,32). The van der Waals surface area contributed by atoms with Crippen LogP contribution in [0.1, 0.15) is 34.5 Å². The molecule has 0 amide bonds. The van der Waals surface area contributed by atoms with Crippen molar-refractivity contribution in [2.24, 2.45) is 7.05 Å². The fraction of sp³-hybridized carbons (Fsp3) is 0.348. The summed E-state index contributed by atoms with van der Waals surface area (Å²) in [4.78, 5) is 39.3.